The van der Waals surface area contributed by atoms with E-state index >= 15 is 0 Å². The maximum Gasteiger partial charge on any atom is 0.405 e. The highest BCUT2D eigenvalue weighted by Gasteiger charge is 2.12. The average Bonchev–Trinajstić information content (AvgIpc) is 1.76. The molecule has 0 aliphatic heterocycles. The lowest BCUT2D eigenvalue weighted by molar-refractivity contribution is 0.0600. The minimum absolute atomic E-state index is 0.453. The van der Waals surface area contributed by atoms with Gasteiger partial charge in [0.15, 0.2) is 0 Å². The van der Waals surface area contributed by atoms with Gasteiger partial charge < -0.3 is 10.5 Å². The van der Waals surface area contributed by atoms with Gasteiger partial charge >= 0.3 is 6.09 Å². The summed E-state index contributed by atoms with van der Waals surface area (Å²) in [4.78, 5) is 10.0. The minimum Gasteiger partial charge on any atom is -0.444 e. The monoisotopic (exact) mass is 217 g/mol. The van der Waals surface area contributed by atoms with Gasteiger partial charge in [0.2, 0.25) is 0 Å². The lowest BCUT2D eigenvalue weighted by atomic mass is 10.0. The molecule has 0 aliphatic carbocycles. The molecule has 15 heavy (non-hydrogen) atoms. The van der Waals surface area contributed by atoms with Crippen molar-refractivity contribution in [3.8, 4) is 0 Å². The Balaban J connectivity index is 0. The van der Waals surface area contributed by atoms with Crippen molar-refractivity contribution in [2.45, 2.75) is 60.5 Å². The molecule has 0 atom stereocenters. The van der Waals surface area contributed by atoms with Crippen molar-refractivity contribution in [3.05, 3.63) is 0 Å². The quantitative estimate of drug-likeness (QED) is 0.768. The zero-order valence-corrected chi connectivity index (χ0v) is 11.3. The molecule has 0 aromatic rings. The SMILES string of the molecule is CC(C)(C)OC(N)=O.CC(C)CC(C)C. The van der Waals surface area contributed by atoms with Crippen molar-refractivity contribution in [1.82, 2.24) is 0 Å². The molecule has 2 N–H and O–H groups in total. The predicted octanol–water partition coefficient (Wildman–Crippen LogP) is 3.57. The van der Waals surface area contributed by atoms with E-state index in [1.807, 2.05) is 0 Å². The first-order valence-electron chi connectivity index (χ1n) is 5.53. The third kappa shape index (κ3) is 24.6. The van der Waals surface area contributed by atoms with Gasteiger partial charge in [-0.3, -0.25) is 0 Å². The summed E-state index contributed by atoms with van der Waals surface area (Å²) in [6.07, 6.45) is 0.637. The topological polar surface area (TPSA) is 52.3 Å². The molecule has 1 amide bonds. The highest BCUT2D eigenvalue weighted by atomic mass is 16.6. The summed E-state index contributed by atoms with van der Waals surface area (Å²) in [5.41, 5.74) is 4.26. The zero-order valence-electron chi connectivity index (χ0n) is 11.3. The van der Waals surface area contributed by atoms with Gasteiger partial charge in [0.1, 0.15) is 5.60 Å². The van der Waals surface area contributed by atoms with Gasteiger partial charge in [-0.25, -0.2) is 4.79 Å². The number of nitrogens with two attached hydrogens (primary N) is 1. The van der Waals surface area contributed by atoms with Crippen molar-refractivity contribution in [2.24, 2.45) is 17.6 Å². The number of hydrogen-bond acceptors (Lipinski definition) is 2. The summed E-state index contributed by atoms with van der Waals surface area (Å²) >= 11 is 0. The van der Waals surface area contributed by atoms with Crippen LogP contribution in [-0.2, 0) is 4.74 Å². The van der Waals surface area contributed by atoms with Gasteiger partial charge in [-0.1, -0.05) is 27.7 Å². The van der Waals surface area contributed by atoms with Crippen LogP contribution in [0, 0.1) is 11.8 Å². The zero-order chi connectivity index (χ0) is 12.6. The van der Waals surface area contributed by atoms with Gasteiger partial charge in [0, 0.05) is 0 Å². The molecule has 0 unspecified atom stereocenters. The van der Waals surface area contributed by atoms with E-state index < -0.39 is 11.7 Å². The second kappa shape index (κ2) is 7.55. The molecule has 3 heteroatoms. The van der Waals surface area contributed by atoms with E-state index in [0.29, 0.717) is 0 Å². The number of carbonyl (C=O) groups is 1. The third-order valence-corrected chi connectivity index (χ3v) is 1.35. The molecule has 0 spiro atoms. The van der Waals surface area contributed by atoms with E-state index in [2.05, 4.69) is 32.4 Å². The van der Waals surface area contributed by atoms with Gasteiger partial charge in [0.25, 0.3) is 0 Å². The molecule has 0 fully saturated rings. The van der Waals surface area contributed by atoms with Crippen LogP contribution in [0.4, 0.5) is 4.79 Å². The van der Waals surface area contributed by atoms with Crippen LogP contribution < -0.4 is 5.73 Å². The number of hydrogen-bond donors (Lipinski definition) is 1. The maximum absolute atomic E-state index is 10.0. The second-order valence-electron chi connectivity index (χ2n) is 5.56. The highest BCUT2D eigenvalue weighted by Crippen LogP contribution is 2.08. The Morgan fingerprint density at radius 2 is 1.47 bits per heavy atom. The molecule has 0 saturated carbocycles. The van der Waals surface area contributed by atoms with E-state index in [0.717, 1.165) is 11.8 Å². The minimum atomic E-state index is -0.725. The number of carbonyl (C=O) groups excluding carboxylic acids is 1. The molecule has 3 nitrogen and oxygen atoms in total. The van der Waals surface area contributed by atoms with Crippen LogP contribution >= 0.6 is 0 Å². The Bertz CT molecular complexity index is 163. The normalized spacial score (nSPS) is 11.0. The molecule has 92 valence electrons. The summed E-state index contributed by atoms with van der Waals surface area (Å²) in [5, 5.41) is 0. The van der Waals surface area contributed by atoms with Crippen molar-refractivity contribution in [2.75, 3.05) is 0 Å². The van der Waals surface area contributed by atoms with Crippen LogP contribution in [0.2, 0.25) is 0 Å². The Labute approximate surface area is 94.4 Å². The smallest absolute Gasteiger partial charge is 0.405 e. The molecule has 0 saturated heterocycles. The molecule has 0 radical (unpaired) electrons. The first-order chi connectivity index (χ1) is 6.54. The van der Waals surface area contributed by atoms with Gasteiger partial charge in [0.05, 0.1) is 0 Å². The highest BCUT2D eigenvalue weighted by molar-refractivity contribution is 5.65. The van der Waals surface area contributed by atoms with Crippen LogP contribution in [0.25, 0.3) is 0 Å². The fourth-order valence-corrected chi connectivity index (χ4v) is 1.24. The average molecular weight is 217 g/mol. The lowest BCUT2D eigenvalue weighted by Crippen LogP contribution is -2.27. The summed E-state index contributed by atoms with van der Waals surface area (Å²) < 4.78 is 4.58. The largest absolute Gasteiger partial charge is 0.444 e. The molecule has 0 aromatic heterocycles. The molecular formula is C12H27NO2. The van der Waals surface area contributed by atoms with Crippen molar-refractivity contribution in [1.29, 1.82) is 0 Å². The molecule has 0 rings (SSSR count). The molecule has 0 heterocycles. The van der Waals surface area contributed by atoms with Gasteiger partial charge in [-0.15, -0.1) is 0 Å². The van der Waals surface area contributed by atoms with Crippen LogP contribution in [0.1, 0.15) is 54.9 Å². The first kappa shape index (κ1) is 16.7. The standard InChI is InChI=1S/C7H16.C5H11NO2/c1-6(2)5-7(3)4;1-5(2,3)8-4(6)7/h6-7H,5H2,1-4H3;1-3H3,(H2,6,7). The summed E-state index contributed by atoms with van der Waals surface area (Å²) in [7, 11) is 0. The van der Waals surface area contributed by atoms with E-state index in [-0.39, 0.29) is 0 Å². The summed E-state index contributed by atoms with van der Waals surface area (Å²) in [6, 6.07) is 0. The van der Waals surface area contributed by atoms with Crippen LogP contribution in [0.5, 0.6) is 0 Å². The van der Waals surface area contributed by atoms with Crippen LogP contribution in [0.3, 0.4) is 0 Å². The van der Waals surface area contributed by atoms with Crippen molar-refractivity contribution < 1.29 is 9.53 Å². The van der Waals surface area contributed by atoms with Crippen LogP contribution in [-0.4, -0.2) is 11.7 Å². The number of rotatable bonds is 2. The fraction of sp³-hybridized carbons (Fsp3) is 0.917. The summed E-state index contributed by atoms with van der Waals surface area (Å²) in [5.74, 6) is 1.75. The number of ether oxygens (including phenoxy) is 1. The Hall–Kier alpha value is -0.730. The summed E-state index contributed by atoms with van der Waals surface area (Å²) in [6.45, 7) is 14.3. The van der Waals surface area contributed by atoms with Gasteiger partial charge in [-0.05, 0) is 39.0 Å². The molecule has 0 aromatic carbocycles. The molecule has 0 aliphatic rings. The Morgan fingerprint density at radius 3 is 1.47 bits per heavy atom. The maximum atomic E-state index is 10.0. The van der Waals surface area contributed by atoms with E-state index in [1.54, 1.807) is 20.8 Å². The van der Waals surface area contributed by atoms with E-state index in [9.17, 15) is 4.79 Å². The predicted molar refractivity (Wildman–Crippen MR) is 64.7 cm³/mol. The van der Waals surface area contributed by atoms with Crippen LogP contribution in [0.15, 0.2) is 0 Å². The third-order valence-electron chi connectivity index (χ3n) is 1.35. The van der Waals surface area contributed by atoms with E-state index in [4.69, 9.17) is 5.73 Å². The first-order valence-corrected chi connectivity index (χ1v) is 5.53. The Kier molecular flexibility index (Phi) is 8.40. The molecular weight excluding hydrogens is 190 g/mol. The molecule has 0 bridgehead atoms. The van der Waals surface area contributed by atoms with Crippen molar-refractivity contribution in [3.63, 3.8) is 0 Å². The lowest BCUT2D eigenvalue weighted by Gasteiger charge is -2.16. The number of primary amides is 1. The Morgan fingerprint density at radius 1 is 1.13 bits per heavy atom. The number of amides is 1. The fourth-order valence-electron chi connectivity index (χ4n) is 1.24. The second-order valence-corrected chi connectivity index (χ2v) is 5.56. The van der Waals surface area contributed by atoms with E-state index in [1.165, 1.54) is 6.42 Å². The van der Waals surface area contributed by atoms with Crippen molar-refractivity contribution >= 4 is 6.09 Å². The van der Waals surface area contributed by atoms with Gasteiger partial charge in [-0.2, -0.15) is 0 Å².